The fourth-order valence-electron chi connectivity index (χ4n) is 1.50. The van der Waals surface area contributed by atoms with Crippen LogP contribution in [0.1, 0.15) is 5.76 Å². The second-order valence-electron chi connectivity index (χ2n) is 4.08. The van der Waals surface area contributed by atoms with E-state index in [1.165, 1.54) is 24.3 Å². The van der Waals surface area contributed by atoms with Crippen LogP contribution in [0.5, 0.6) is 5.75 Å². The summed E-state index contributed by atoms with van der Waals surface area (Å²) in [5.74, 6) is -0.956. The van der Waals surface area contributed by atoms with Crippen molar-refractivity contribution in [3.63, 3.8) is 0 Å². The van der Waals surface area contributed by atoms with Crippen molar-refractivity contribution in [1.29, 1.82) is 0 Å². The number of aliphatic hydroxyl groups excluding tert-OH is 1. The Balaban J connectivity index is 1.92. The molecule has 1 aromatic heterocycles. The normalized spacial score (nSPS) is 10.2. The van der Waals surface area contributed by atoms with E-state index in [0.29, 0.717) is 5.69 Å². The highest BCUT2D eigenvalue weighted by molar-refractivity contribution is 5.91. The maximum Gasteiger partial charge on any atom is 0.262 e. The minimum atomic E-state index is -0.507. The number of anilines is 1. The van der Waals surface area contributed by atoms with Gasteiger partial charge < -0.3 is 19.6 Å². The minimum absolute atomic E-state index is 0.100. The highest BCUT2D eigenvalue weighted by atomic mass is 19.1. The maximum absolute atomic E-state index is 12.7. The van der Waals surface area contributed by atoms with Crippen LogP contribution in [0.2, 0.25) is 0 Å². The largest absolute Gasteiger partial charge is 0.477 e. The highest BCUT2D eigenvalue weighted by Gasteiger charge is 2.08. The molecule has 2 aromatic rings. The number of carbonyl (C=O) groups is 1. The van der Waals surface area contributed by atoms with Crippen LogP contribution in [-0.2, 0) is 11.4 Å². The Morgan fingerprint density at radius 3 is 2.67 bits per heavy atom. The summed E-state index contributed by atoms with van der Waals surface area (Å²) in [6.07, 6.45) is 1.03. The molecular formula is C14H12FNO5. The van der Waals surface area contributed by atoms with Gasteiger partial charge in [0.25, 0.3) is 5.91 Å². The van der Waals surface area contributed by atoms with Gasteiger partial charge in [0.1, 0.15) is 24.4 Å². The molecule has 0 aliphatic rings. The molecule has 0 radical (unpaired) electrons. The molecule has 0 saturated carbocycles. The van der Waals surface area contributed by atoms with Crippen molar-refractivity contribution in [2.75, 3.05) is 11.9 Å². The van der Waals surface area contributed by atoms with Crippen LogP contribution in [0.15, 0.2) is 45.8 Å². The van der Waals surface area contributed by atoms with Gasteiger partial charge in [-0.25, -0.2) is 4.39 Å². The Morgan fingerprint density at radius 1 is 1.33 bits per heavy atom. The highest BCUT2D eigenvalue weighted by Crippen LogP contribution is 2.09. The zero-order chi connectivity index (χ0) is 15.2. The zero-order valence-corrected chi connectivity index (χ0v) is 10.8. The summed E-state index contributed by atoms with van der Waals surface area (Å²) in [7, 11) is 0. The van der Waals surface area contributed by atoms with Gasteiger partial charge in [-0.05, 0) is 24.3 Å². The van der Waals surface area contributed by atoms with E-state index in [-0.39, 0.29) is 11.5 Å². The van der Waals surface area contributed by atoms with Crippen molar-refractivity contribution < 1.29 is 23.4 Å². The SMILES string of the molecule is O=C(COc1coc(CO)cc1=O)Nc1ccc(F)cc1. The lowest BCUT2D eigenvalue weighted by Crippen LogP contribution is -2.22. The van der Waals surface area contributed by atoms with Crippen molar-refractivity contribution in [3.8, 4) is 5.75 Å². The fourth-order valence-corrected chi connectivity index (χ4v) is 1.50. The lowest BCUT2D eigenvalue weighted by atomic mass is 10.3. The van der Waals surface area contributed by atoms with Crippen LogP contribution in [0.4, 0.5) is 10.1 Å². The number of hydrogen-bond donors (Lipinski definition) is 2. The number of hydrogen-bond acceptors (Lipinski definition) is 5. The van der Waals surface area contributed by atoms with Crippen molar-refractivity contribution in [1.82, 2.24) is 0 Å². The number of carbonyl (C=O) groups excluding carboxylic acids is 1. The van der Waals surface area contributed by atoms with Gasteiger partial charge in [-0.1, -0.05) is 0 Å². The third-order valence-electron chi connectivity index (χ3n) is 2.49. The molecule has 7 heteroatoms. The third-order valence-corrected chi connectivity index (χ3v) is 2.49. The van der Waals surface area contributed by atoms with Crippen molar-refractivity contribution in [2.24, 2.45) is 0 Å². The smallest absolute Gasteiger partial charge is 0.262 e. The van der Waals surface area contributed by atoms with Gasteiger partial charge >= 0.3 is 0 Å². The molecule has 6 nitrogen and oxygen atoms in total. The van der Waals surface area contributed by atoms with Crippen LogP contribution in [0, 0.1) is 5.82 Å². The molecule has 0 spiro atoms. The molecule has 110 valence electrons. The molecule has 0 atom stereocenters. The van der Waals surface area contributed by atoms with E-state index in [9.17, 15) is 14.0 Å². The average Bonchev–Trinajstić information content (AvgIpc) is 2.48. The van der Waals surface area contributed by atoms with E-state index < -0.39 is 30.4 Å². The molecule has 0 fully saturated rings. The van der Waals surface area contributed by atoms with E-state index in [1.54, 1.807) is 0 Å². The van der Waals surface area contributed by atoms with Crippen LogP contribution in [0.25, 0.3) is 0 Å². The number of benzene rings is 1. The van der Waals surface area contributed by atoms with Gasteiger partial charge in [0.15, 0.2) is 6.61 Å². The van der Waals surface area contributed by atoms with Crippen molar-refractivity contribution in [2.45, 2.75) is 6.61 Å². The summed E-state index contributed by atoms with van der Waals surface area (Å²) in [6.45, 7) is -0.804. The Bertz CT molecular complexity index is 681. The first kappa shape index (κ1) is 14.7. The third kappa shape index (κ3) is 4.15. The Labute approximate surface area is 118 Å². The van der Waals surface area contributed by atoms with Gasteiger partial charge in [-0.15, -0.1) is 0 Å². The first-order valence-corrected chi connectivity index (χ1v) is 5.99. The molecule has 1 aromatic carbocycles. The predicted molar refractivity (Wildman–Crippen MR) is 71.4 cm³/mol. The lowest BCUT2D eigenvalue weighted by Gasteiger charge is -2.07. The van der Waals surface area contributed by atoms with Gasteiger partial charge in [0.2, 0.25) is 11.2 Å². The van der Waals surface area contributed by atoms with E-state index in [2.05, 4.69) is 5.32 Å². The van der Waals surface area contributed by atoms with Gasteiger partial charge in [0, 0.05) is 11.8 Å². The van der Waals surface area contributed by atoms with E-state index in [4.69, 9.17) is 14.3 Å². The van der Waals surface area contributed by atoms with Crippen LogP contribution in [0.3, 0.4) is 0 Å². The first-order chi connectivity index (χ1) is 10.1. The Hall–Kier alpha value is -2.67. The van der Waals surface area contributed by atoms with Gasteiger partial charge in [-0.2, -0.15) is 0 Å². The summed E-state index contributed by atoms with van der Waals surface area (Å²) < 4.78 is 22.6. The topological polar surface area (TPSA) is 88.8 Å². The van der Waals surface area contributed by atoms with E-state index in [0.717, 1.165) is 12.3 Å². The summed E-state index contributed by atoms with van der Waals surface area (Å²) in [5, 5.41) is 11.3. The van der Waals surface area contributed by atoms with Crippen molar-refractivity contribution >= 4 is 11.6 Å². The van der Waals surface area contributed by atoms with E-state index in [1.807, 2.05) is 0 Å². The number of rotatable bonds is 5. The zero-order valence-electron chi connectivity index (χ0n) is 10.8. The molecule has 1 heterocycles. The Kier molecular flexibility index (Phi) is 4.68. The standard InChI is InChI=1S/C14H12FNO5/c15-9-1-3-10(4-2-9)16-14(19)8-21-13-7-20-11(6-17)5-12(13)18/h1-5,7,17H,6,8H2,(H,16,19). The molecule has 0 saturated heterocycles. The molecular weight excluding hydrogens is 281 g/mol. The molecule has 0 aliphatic carbocycles. The molecule has 1 amide bonds. The number of halogens is 1. The molecule has 0 aliphatic heterocycles. The molecule has 2 rings (SSSR count). The quantitative estimate of drug-likeness (QED) is 0.867. The second kappa shape index (κ2) is 6.67. The Morgan fingerprint density at radius 2 is 2.05 bits per heavy atom. The molecule has 2 N–H and O–H groups in total. The number of amides is 1. The monoisotopic (exact) mass is 293 g/mol. The minimum Gasteiger partial charge on any atom is -0.477 e. The van der Waals surface area contributed by atoms with Crippen LogP contribution in [-0.4, -0.2) is 17.6 Å². The first-order valence-electron chi connectivity index (χ1n) is 5.99. The van der Waals surface area contributed by atoms with Crippen molar-refractivity contribution in [3.05, 3.63) is 58.4 Å². The lowest BCUT2D eigenvalue weighted by molar-refractivity contribution is -0.118. The predicted octanol–water partition coefficient (Wildman–Crippen LogP) is 1.29. The van der Waals surface area contributed by atoms with E-state index >= 15 is 0 Å². The molecule has 0 bridgehead atoms. The number of ether oxygens (including phenoxy) is 1. The van der Waals surface area contributed by atoms with Crippen LogP contribution >= 0.6 is 0 Å². The average molecular weight is 293 g/mol. The second-order valence-corrected chi connectivity index (χ2v) is 4.08. The van der Waals surface area contributed by atoms with Crippen LogP contribution < -0.4 is 15.5 Å². The summed E-state index contributed by atoms with van der Waals surface area (Å²) in [4.78, 5) is 23.1. The van der Waals surface area contributed by atoms with Gasteiger partial charge in [0.05, 0.1) is 0 Å². The molecule has 21 heavy (non-hydrogen) atoms. The number of aliphatic hydroxyl groups is 1. The molecule has 0 unspecified atom stereocenters. The van der Waals surface area contributed by atoms with Gasteiger partial charge in [-0.3, -0.25) is 9.59 Å². The summed E-state index contributed by atoms with van der Waals surface area (Å²) >= 11 is 0. The number of nitrogens with one attached hydrogen (secondary N) is 1. The summed E-state index contributed by atoms with van der Waals surface area (Å²) in [5.41, 5.74) is -0.0902. The summed E-state index contributed by atoms with van der Waals surface area (Å²) in [6, 6.07) is 6.29. The maximum atomic E-state index is 12.7. The fraction of sp³-hybridized carbons (Fsp3) is 0.143.